The van der Waals surface area contributed by atoms with E-state index >= 15 is 0 Å². The average Bonchev–Trinajstić information content (AvgIpc) is 2.38. The van der Waals surface area contributed by atoms with Crippen LogP contribution >= 0.6 is 11.6 Å². The molecule has 1 aromatic heterocycles. The minimum absolute atomic E-state index is 0.164. The summed E-state index contributed by atoms with van der Waals surface area (Å²) in [5.41, 5.74) is 0.934. The van der Waals surface area contributed by atoms with Gasteiger partial charge in [0.2, 0.25) is 16.0 Å². The second-order valence-electron chi connectivity index (χ2n) is 4.66. The van der Waals surface area contributed by atoms with Crippen molar-refractivity contribution in [1.29, 1.82) is 0 Å². The van der Waals surface area contributed by atoms with Gasteiger partial charge in [-0.25, -0.2) is 18.4 Å². The number of rotatable bonds is 5. The molecule has 6 nitrogen and oxygen atoms in total. The molecule has 0 aliphatic heterocycles. The van der Waals surface area contributed by atoms with Crippen LogP contribution in [0, 0.1) is 0 Å². The molecule has 1 N–H and O–H groups in total. The predicted molar refractivity (Wildman–Crippen MR) is 84.1 cm³/mol. The zero-order chi connectivity index (χ0) is 15.5. The molecule has 1 aromatic carbocycles. The van der Waals surface area contributed by atoms with Crippen LogP contribution in [0.15, 0.2) is 36.7 Å². The topological polar surface area (TPSA) is 75.2 Å². The van der Waals surface area contributed by atoms with E-state index in [1.54, 1.807) is 43.3 Å². The number of benzene rings is 1. The molecule has 0 saturated heterocycles. The van der Waals surface area contributed by atoms with Gasteiger partial charge in [-0.2, -0.15) is 0 Å². The average molecular weight is 327 g/mol. The van der Waals surface area contributed by atoms with Gasteiger partial charge in [0.15, 0.2) is 0 Å². The van der Waals surface area contributed by atoms with E-state index in [-0.39, 0.29) is 5.75 Å². The minimum Gasteiger partial charge on any atom is -0.347 e. The Morgan fingerprint density at radius 3 is 2.48 bits per heavy atom. The predicted octanol–water partition coefficient (Wildman–Crippen LogP) is 2.14. The quantitative estimate of drug-likeness (QED) is 0.911. The highest BCUT2D eigenvalue weighted by molar-refractivity contribution is 7.91. The van der Waals surface area contributed by atoms with Gasteiger partial charge in [0, 0.05) is 19.1 Å². The van der Waals surface area contributed by atoms with E-state index in [2.05, 4.69) is 14.7 Å². The minimum atomic E-state index is -3.54. The highest BCUT2D eigenvalue weighted by Crippen LogP contribution is 2.15. The molecule has 21 heavy (non-hydrogen) atoms. The summed E-state index contributed by atoms with van der Waals surface area (Å²) in [7, 11) is 0.0680. The molecule has 2 aromatic rings. The number of sulfonamides is 1. The van der Waals surface area contributed by atoms with Crippen LogP contribution in [0.1, 0.15) is 5.56 Å². The van der Waals surface area contributed by atoms with Crippen molar-refractivity contribution >= 4 is 33.3 Å². The molecule has 0 saturated carbocycles. The third kappa shape index (κ3) is 4.57. The van der Waals surface area contributed by atoms with Gasteiger partial charge in [-0.3, -0.25) is 4.72 Å². The van der Waals surface area contributed by atoms with Crippen LogP contribution in [0.5, 0.6) is 0 Å². The fourth-order valence-electron chi connectivity index (χ4n) is 1.67. The Balaban J connectivity index is 2.10. The maximum atomic E-state index is 12.1. The summed E-state index contributed by atoms with van der Waals surface area (Å²) in [4.78, 5) is 9.83. The maximum Gasteiger partial charge on any atom is 0.237 e. The zero-order valence-corrected chi connectivity index (χ0v) is 13.2. The van der Waals surface area contributed by atoms with Crippen molar-refractivity contribution in [2.45, 2.75) is 5.75 Å². The molecule has 0 aliphatic rings. The molecule has 0 unspecified atom stereocenters. The van der Waals surface area contributed by atoms with Gasteiger partial charge < -0.3 is 4.90 Å². The van der Waals surface area contributed by atoms with Crippen LogP contribution in [-0.4, -0.2) is 32.5 Å². The van der Waals surface area contributed by atoms with Crippen molar-refractivity contribution in [3.63, 3.8) is 0 Å². The first kappa shape index (κ1) is 15.5. The molecule has 0 amide bonds. The molecule has 0 atom stereocenters. The second kappa shape index (κ2) is 6.28. The number of halogens is 1. The first-order valence-electron chi connectivity index (χ1n) is 6.10. The number of anilines is 2. The van der Waals surface area contributed by atoms with E-state index < -0.39 is 10.0 Å². The number of aromatic nitrogens is 2. The van der Waals surface area contributed by atoms with Gasteiger partial charge in [-0.05, 0) is 17.7 Å². The summed E-state index contributed by atoms with van der Waals surface area (Å²) in [5, 5.41) is 0.501. The normalized spacial score (nSPS) is 11.2. The smallest absolute Gasteiger partial charge is 0.237 e. The number of nitrogens with zero attached hydrogens (tertiary/aromatic N) is 3. The third-order valence-electron chi connectivity index (χ3n) is 2.56. The summed E-state index contributed by atoms with van der Waals surface area (Å²) >= 11 is 5.84. The van der Waals surface area contributed by atoms with Gasteiger partial charge in [0.1, 0.15) is 0 Å². The van der Waals surface area contributed by atoms with E-state index in [4.69, 9.17) is 11.6 Å². The molecule has 2 rings (SSSR count). The Kier molecular flexibility index (Phi) is 4.64. The van der Waals surface area contributed by atoms with Crippen molar-refractivity contribution in [2.75, 3.05) is 23.7 Å². The first-order valence-corrected chi connectivity index (χ1v) is 8.13. The fourth-order valence-corrected chi connectivity index (χ4v) is 3.03. The lowest BCUT2D eigenvalue weighted by molar-refractivity contribution is 0.600. The maximum absolute atomic E-state index is 12.1. The van der Waals surface area contributed by atoms with Crippen molar-refractivity contribution in [1.82, 2.24) is 9.97 Å². The van der Waals surface area contributed by atoms with Crippen molar-refractivity contribution in [3.05, 3.63) is 47.2 Å². The summed E-state index contributed by atoms with van der Waals surface area (Å²) in [5.74, 6) is 0.344. The second-order valence-corrected chi connectivity index (χ2v) is 6.82. The lowest BCUT2D eigenvalue weighted by atomic mass is 10.2. The summed E-state index contributed by atoms with van der Waals surface area (Å²) in [6, 6.07) is 6.73. The first-order chi connectivity index (χ1) is 9.85. The standard InChI is InChI=1S/C13H15ClN4O2S/c1-18(2)13-15-7-12(8-16-13)17-21(19,20)9-10-4-3-5-11(14)6-10/h3-8,17H,9H2,1-2H3. The molecule has 8 heteroatoms. The van der Waals surface area contributed by atoms with Crippen molar-refractivity contribution in [3.8, 4) is 0 Å². The molecule has 0 spiro atoms. The van der Waals surface area contributed by atoms with Crippen LogP contribution in [0.4, 0.5) is 11.6 Å². The number of hydrogen-bond donors (Lipinski definition) is 1. The molecule has 0 radical (unpaired) electrons. The SMILES string of the molecule is CN(C)c1ncc(NS(=O)(=O)Cc2cccc(Cl)c2)cn1. The van der Waals surface area contributed by atoms with Crippen LogP contribution in [0.3, 0.4) is 0 Å². The lowest BCUT2D eigenvalue weighted by Crippen LogP contribution is -2.16. The molecule has 0 aliphatic carbocycles. The van der Waals surface area contributed by atoms with Gasteiger partial charge in [0.25, 0.3) is 0 Å². The Hall–Kier alpha value is -1.86. The molecule has 112 valence electrons. The molecular formula is C13H15ClN4O2S. The highest BCUT2D eigenvalue weighted by Gasteiger charge is 2.13. The summed E-state index contributed by atoms with van der Waals surface area (Å²) in [6.07, 6.45) is 2.86. The third-order valence-corrected chi connectivity index (χ3v) is 4.05. The van der Waals surface area contributed by atoms with Gasteiger partial charge >= 0.3 is 0 Å². The summed E-state index contributed by atoms with van der Waals surface area (Å²) in [6.45, 7) is 0. The van der Waals surface area contributed by atoms with E-state index in [9.17, 15) is 8.42 Å². The monoisotopic (exact) mass is 326 g/mol. The molecule has 0 fully saturated rings. The Morgan fingerprint density at radius 2 is 1.90 bits per heavy atom. The number of nitrogens with one attached hydrogen (secondary N) is 1. The van der Waals surface area contributed by atoms with Crippen molar-refractivity contribution in [2.24, 2.45) is 0 Å². The van der Waals surface area contributed by atoms with E-state index in [1.165, 1.54) is 12.4 Å². The van der Waals surface area contributed by atoms with Gasteiger partial charge in [-0.1, -0.05) is 23.7 Å². The fraction of sp³-hybridized carbons (Fsp3) is 0.231. The Bertz CT molecular complexity index is 717. The largest absolute Gasteiger partial charge is 0.347 e. The molecular weight excluding hydrogens is 312 g/mol. The van der Waals surface area contributed by atoms with E-state index in [1.807, 2.05) is 0 Å². The van der Waals surface area contributed by atoms with Gasteiger partial charge in [0.05, 0.1) is 23.8 Å². The van der Waals surface area contributed by atoms with Crippen LogP contribution in [-0.2, 0) is 15.8 Å². The number of hydrogen-bond acceptors (Lipinski definition) is 5. The van der Waals surface area contributed by atoms with E-state index in [0.717, 1.165) is 0 Å². The van der Waals surface area contributed by atoms with Crippen LogP contribution in [0.2, 0.25) is 5.02 Å². The van der Waals surface area contributed by atoms with Crippen LogP contribution in [0.25, 0.3) is 0 Å². The lowest BCUT2D eigenvalue weighted by Gasteiger charge is -2.11. The summed E-state index contributed by atoms with van der Waals surface area (Å²) < 4.78 is 26.6. The van der Waals surface area contributed by atoms with E-state index in [0.29, 0.717) is 22.2 Å². The van der Waals surface area contributed by atoms with Crippen molar-refractivity contribution < 1.29 is 8.42 Å². The highest BCUT2D eigenvalue weighted by atomic mass is 35.5. The Labute approximate surface area is 128 Å². The Morgan fingerprint density at radius 1 is 1.24 bits per heavy atom. The zero-order valence-electron chi connectivity index (χ0n) is 11.6. The molecule has 1 heterocycles. The molecule has 0 bridgehead atoms. The van der Waals surface area contributed by atoms with Gasteiger partial charge in [-0.15, -0.1) is 0 Å². The van der Waals surface area contributed by atoms with Crippen LogP contribution < -0.4 is 9.62 Å².